The molecule has 140 valence electrons. The van der Waals surface area contributed by atoms with Gasteiger partial charge in [0.15, 0.2) is 0 Å². The van der Waals surface area contributed by atoms with Crippen molar-refractivity contribution in [3.05, 3.63) is 64.5 Å². The third-order valence-corrected chi connectivity index (χ3v) is 4.02. The van der Waals surface area contributed by atoms with Crippen LogP contribution in [0.1, 0.15) is 26.3 Å². The van der Waals surface area contributed by atoms with Crippen LogP contribution in [0.2, 0.25) is 0 Å². The van der Waals surface area contributed by atoms with Gasteiger partial charge < -0.3 is 23.8 Å². The summed E-state index contributed by atoms with van der Waals surface area (Å²) >= 11 is 0. The minimum absolute atomic E-state index is 0.0248. The molecular formula is C21H19O6-. The molecule has 0 aliphatic heterocycles. The Balaban J connectivity index is 1.85. The van der Waals surface area contributed by atoms with Crippen molar-refractivity contribution in [1.29, 1.82) is 0 Å². The fraction of sp³-hybridized carbons (Fsp3) is 0.238. The number of carbonyl (C=O) groups is 1. The van der Waals surface area contributed by atoms with Gasteiger partial charge in [0, 0.05) is 6.07 Å². The number of hydrogen-bond donors (Lipinski definition) is 0. The summed E-state index contributed by atoms with van der Waals surface area (Å²) in [5.41, 5.74) is 1.12. The summed E-state index contributed by atoms with van der Waals surface area (Å²) in [5, 5.41) is 10.8. The summed E-state index contributed by atoms with van der Waals surface area (Å²) in [7, 11) is 0. The maximum atomic E-state index is 12.6. The maximum Gasteiger partial charge on any atom is 0.235 e. The molecule has 6 heteroatoms. The molecule has 27 heavy (non-hydrogen) atoms. The molecule has 0 atom stereocenters. The highest BCUT2D eigenvalue weighted by Crippen LogP contribution is 2.27. The Hall–Kier alpha value is -3.28. The SMILES string of the molecule is CC(C)(C)c1ccc(Oc2coc3cc(OCC(=O)[O-])ccc3c2=O)cc1. The van der Waals surface area contributed by atoms with Crippen molar-refractivity contribution in [3.63, 3.8) is 0 Å². The molecule has 1 aromatic heterocycles. The molecule has 0 aliphatic carbocycles. The number of carboxylic acids is 1. The van der Waals surface area contributed by atoms with Crippen LogP contribution in [-0.4, -0.2) is 12.6 Å². The molecule has 6 nitrogen and oxygen atoms in total. The van der Waals surface area contributed by atoms with E-state index in [1.165, 1.54) is 24.5 Å². The van der Waals surface area contributed by atoms with E-state index in [0.717, 1.165) is 5.56 Å². The Morgan fingerprint density at radius 3 is 2.37 bits per heavy atom. The number of aliphatic carboxylic acids is 1. The number of rotatable bonds is 5. The maximum absolute atomic E-state index is 12.6. The molecular weight excluding hydrogens is 348 g/mol. The van der Waals surface area contributed by atoms with Gasteiger partial charge in [-0.3, -0.25) is 4.79 Å². The van der Waals surface area contributed by atoms with Crippen LogP contribution in [0.15, 0.2) is 57.9 Å². The molecule has 0 unspecified atom stereocenters. The predicted octanol–water partition coefficient (Wildman–Crippen LogP) is 3.01. The van der Waals surface area contributed by atoms with E-state index in [2.05, 4.69) is 20.8 Å². The minimum atomic E-state index is -1.34. The molecule has 0 saturated carbocycles. The van der Waals surface area contributed by atoms with Gasteiger partial charge in [-0.15, -0.1) is 0 Å². The normalized spacial score (nSPS) is 11.4. The van der Waals surface area contributed by atoms with Crippen LogP contribution < -0.4 is 20.0 Å². The van der Waals surface area contributed by atoms with Crippen molar-refractivity contribution in [1.82, 2.24) is 0 Å². The average Bonchev–Trinajstić information content (AvgIpc) is 2.62. The number of benzene rings is 2. The van der Waals surface area contributed by atoms with E-state index in [-0.39, 0.29) is 27.9 Å². The lowest BCUT2D eigenvalue weighted by molar-refractivity contribution is -0.307. The van der Waals surface area contributed by atoms with Crippen LogP contribution in [-0.2, 0) is 10.2 Å². The number of carbonyl (C=O) groups excluding carboxylic acids is 1. The quantitative estimate of drug-likeness (QED) is 0.689. The third-order valence-electron chi connectivity index (χ3n) is 4.02. The summed E-state index contributed by atoms with van der Waals surface area (Å²) in [5.74, 6) is -0.475. The van der Waals surface area contributed by atoms with E-state index < -0.39 is 12.6 Å². The van der Waals surface area contributed by atoms with Crippen LogP contribution >= 0.6 is 0 Å². The second-order valence-electron chi connectivity index (χ2n) is 7.12. The first-order valence-electron chi connectivity index (χ1n) is 8.40. The number of fused-ring (bicyclic) bond motifs is 1. The van der Waals surface area contributed by atoms with Crippen LogP contribution in [0.3, 0.4) is 0 Å². The highest BCUT2D eigenvalue weighted by Gasteiger charge is 2.14. The second-order valence-corrected chi connectivity index (χ2v) is 7.12. The van der Waals surface area contributed by atoms with Gasteiger partial charge in [-0.05, 0) is 35.2 Å². The molecule has 3 rings (SSSR count). The molecule has 0 spiro atoms. The lowest BCUT2D eigenvalue weighted by Gasteiger charge is -2.19. The molecule has 2 aromatic carbocycles. The summed E-state index contributed by atoms with van der Waals surface area (Å²) in [4.78, 5) is 23.1. The Kier molecular flexibility index (Phi) is 4.90. The summed E-state index contributed by atoms with van der Waals surface area (Å²) < 4.78 is 16.1. The first-order chi connectivity index (χ1) is 12.7. The van der Waals surface area contributed by atoms with Crippen LogP contribution in [0.25, 0.3) is 11.0 Å². The number of ether oxygens (including phenoxy) is 2. The molecule has 0 aliphatic rings. The van der Waals surface area contributed by atoms with Gasteiger partial charge in [-0.25, -0.2) is 0 Å². The summed E-state index contributed by atoms with van der Waals surface area (Å²) in [6.45, 7) is 5.77. The van der Waals surface area contributed by atoms with Crippen LogP contribution in [0.5, 0.6) is 17.2 Å². The molecule has 0 radical (unpaired) electrons. The first kappa shape index (κ1) is 18.5. The van der Waals surface area contributed by atoms with Crippen molar-refractivity contribution in [2.45, 2.75) is 26.2 Å². The largest absolute Gasteiger partial charge is 0.546 e. The van der Waals surface area contributed by atoms with E-state index in [0.29, 0.717) is 11.1 Å². The Morgan fingerprint density at radius 2 is 1.74 bits per heavy atom. The number of carboxylic acid groups (broad SMARTS) is 1. The highest BCUT2D eigenvalue weighted by atomic mass is 16.5. The molecule has 0 saturated heterocycles. The van der Waals surface area contributed by atoms with Crippen molar-refractivity contribution in [3.8, 4) is 17.2 Å². The van der Waals surface area contributed by atoms with Crippen molar-refractivity contribution in [2.24, 2.45) is 0 Å². The van der Waals surface area contributed by atoms with E-state index in [1.54, 1.807) is 12.1 Å². The summed E-state index contributed by atoms with van der Waals surface area (Å²) in [6, 6.07) is 12.0. The minimum Gasteiger partial charge on any atom is -0.546 e. The van der Waals surface area contributed by atoms with Gasteiger partial charge in [0.1, 0.15) is 30.0 Å². The van der Waals surface area contributed by atoms with Gasteiger partial charge in [-0.1, -0.05) is 32.9 Å². The second kappa shape index (κ2) is 7.15. The molecule has 3 aromatic rings. The average molecular weight is 367 g/mol. The fourth-order valence-electron chi connectivity index (χ4n) is 2.54. The third kappa shape index (κ3) is 4.28. The topological polar surface area (TPSA) is 88.8 Å². The molecule has 0 amide bonds. The molecule has 0 fully saturated rings. The zero-order valence-corrected chi connectivity index (χ0v) is 15.3. The monoisotopic (exact) mass is 367 g/mol. The van der Waals surface area contributed by atoms with E-state index in [9.17, 15) is 14.7 Å². The number of hydrogen-bond acceptors (Lipinski definition) is 6. The van der Waals surface area contributed by atoms with Gasteiger partial charge in [0.05, 0.1) is 11.4 Å². The Labute approximate surface area is 156 Å². The van der Waals surface area contributed by atoms with Gasteiger partial charge in [0.25, 0.3) is 0 Å². The lowest BCUT2D eigenvalue weighted by Crippen LogP contribution is -2.28. The molecule has 0 bridgehead atoms. The highest BCUT2D eigenvalue weighted by molar-refractivity contribution is 5.79. The Bertz CT molecular complexity index is 1030. The smallest absolute Gasteiger partial charge is 0.235 e. The summed E-state index contributed by atoms with van der Waals surface area (Å²) in [6.07, 6.45) is 1.23. The van der Waals surface area contributed by atoms with Gasteiger partial charge in [-0.2, -0.15) is 0 Å². The van der Waals surface area contributed by atoms with E-state index in [1.807, 2.05) is 12.1 Å². The van der Waals surface area contributed by atoms with E-state index in [4.69, 9.17) is 13.9 Å². The van der Waals surface area contributed by atoms with Gasteiger partial charge >= 0.3 is 0 Å². The molecule has 0 N–H and O–H groups in total. The van der Waals surface area contributed by atoms with Crippen LogP contribution in [0.4, 0.5) is 0 Å². The zero-order valence-electron chi connectivity index (χ0n) is 15.3. The van der Waals surface area contributed by atoms with Crippen molar-refractivity contribution >= 4 is 16.9 Å². The van der Waals surface area contributed by atoms with Crippen LogP contribution in [0, 0.1) is 0 Å². The Morgan fingerprint density at radius 1 is 1.07 bits per heavy atom. The first-order valence-corrected chi connectivity index (χ1v) is 8.40. The van der Waals surface area contributed by atoms with E-state index >= 15 is 0 Å². The zero-order chi connectivity index (χ0) is 19.6. The van der Waals surface area contributed by atoms with Crippen molar-refractivity contribution in [2.75, 3.05) is 6.61 Å². The van der Waals surface area contributed by atoms with Crippen molar-refractivity contribution < 1.29 is 23.8 Å². The predicted molar refractivity (Wildman–Crippen MR) is 98.2 cm³/mol. The molecule has 1 heterocycles. The fourth-order valence-corrected chi connectivity index (χ4v) is 2.54. The van der Waals surface area contributed by atoms with Gasteiger partial charge in [0.2, 0.25) is 11.2 Å². The standard InChI is InChI=1S/C21H20O6/c1-21(2,3)13-4-6-14(7-5-13)27-18-11-26-17-10-15(25-12-19(22)23)8-9-16(17)20(18)24/h4-11H,12H2,1-3H3,(H,22,23)/p-1. The lowest BCUT2D eigenvalue weighted by atomic mass is 9.87.